The largest absolute Gasteiger partial charge is 0.356 e. The van der Waals surface area contributed by atoms with Crippen LogP contribution in [0.1, 0.15) is 77.6 Å². The molecular weight excluding hydrogens is 326 g/mol. The van der Waals surface area contributed by atoms with Gasteiger partial charge in [0.1, 0.15) is 0 Å². The van der Waals surface area contributed by atoms with E-state index in [1.54, 1.807) is 0 Å². The number of carbonyl (C=O) groups is 2. The van der Waals surface area contributed by atoms with E-state index in [2.05, 4.69) is 16.0 Å². The summed E-state index contributed by atoms with van der Waals surface area (Å²) in [4.78, 5) is 23.5. The van der Waals surface area contributed by atoms with E-state index in [0.717, 1.165) is 50.0 Å². The first-order chi connectivity index (χ1) is 12.5. The minimum atomic E-state index is -0.0495. The van der Waals surface area contributed by atoms with Crippen molar-refractivity contribution < 1.29 is 9.59 Å². The fourth-order valence-electron chi connectivity index (χ4n) is 6.67. The lowest BCUT2D eigenvalue weighted by molar-refractivity contribution is -0.123. The smallest absolute Gasteiger partial charge is 0.315 e. The number of amides is 3. The first-order valence-corrected chi connectivity index (χ1v) is 10.9. The number of nitrogens with one attached hydrogen (secondary N) is 3. The quantitative estimate of drug-likeness (QED) is 0.580. The van der Waals surface area contributed by atoms with Gasteiger partial charge >= 0.3 is 6.03 Å². The molecule has 5 nitrogen and oxygen atoms in total. The molecule has 4 bridgehead atoms. The lowest BCUT2D eigenvalue weighted by Crippen LogP contribution is -2.51. The molecule has 0 spiro atoms. The van der Waals surface area contributed by atoms with Crippen LogP contribution in [-0.2, 0) is 4.79 Å². The Labute approximate surface area is 157 Å². The monoisotopic (exact) mass is 361 g/mol. The van der Waals surface area contributed by atoms with Crippen molar-refractivity contribution in [1.82, 2.24) is 16.0 Å². The van der Waals surface area contributed by atoms with Crippen LogP contribution in [0.15, 0.2) is 0 Å². The van der Waals surface area contributed by atoms with Gasteiger partial charge in [0.15, 0.2) is 0 Å². The molecule has 1 aliphatic heterocycles. The van der Waals surface area contributed by atoms with E-state index < -0.39 is 0 Å². The van der Waals surface area contributed by atoms with Crippen molar-refractivity contribution in [3.8, 4) is 0 Å². The zero-order valence-corrected chi connectivity index (χ0v) is 16.2. The van der Waals surface area contributed by atoms with Crippen molar-refractivity contribution in [2.75, 3.05) is 6.54 Å². The maximum absolute atomic E-state index is 12.3. The SMILES string of the molecule is C[C@H]1NC(=O)N[C@@H]1CCCCCC(=O)NCC12CC3CC(CC(C3)C1)C2. The number of rotatable bonds is 8. The molecule has 2 atom stereocenters. The summed E-state index contributed by atoms with van der Waals surface area (Å²) in [5, 5.41) is 9.12. The molecule has 3 amide bonds. The number of unbranched alkanes of at least 4 members (excludes halogenated alkanes) is 2. The molecule has 5 aliphatic rings. The van der Waals surface area contributed by atoms with Crippen molar-refractivity contribution in [3.63, 3.8) is 0 Å². The second-order valence-electron chi connectivity index (χ2n) is 9.81. The van der Waals surface area contributed by atoms with Crippen LogP contribution in [0.3, 0.4) is 0 Å². The van der Waals surface area contributed by atoms with Gasteiger partial charge in [-0.15, -0.1) is 0 Å². The Hall–Kier alpha value is -1.26. The summed E-state index contributed by atoms with van der Waals surface area (Å²) in [6, 6.07) is 0.407. The second kappa shape index (κ2) is 7.40. The van der Waals surface area contributed by atoms with Crippen molar-refractivity contribution in [2.45, 2.75) is 89.6 Å². The Morgan fingerprint density at radius 2 is 1.69 bits per heavy atom. The number of urea groups is 1. The third-order valence-electron chi connectivity index (χ3n) is 7.52. The van der Waals surface area contributed by atoms with Crippen molar-refractivity contribution >= 4 is 11.9 Å². The van der Waals surface area contributed by atoms with Crippen LogP contribution < -0.4 is 16.0 Å². The van der Waals surface area contributed by atoms with Gasteiger partial charge in [-0.3, -0.25) is 4.79 Å². The summed E-state index contributed by atoms with van der Waals surface area (Å²) in [5.41, 5.74) is 0.439. The van der Waals surface area contributed by atoms with Crippen LogP contribution in [-0.4, -0.2) is 30.6 Å². The van der Waals surface area contributed by atoms with Crippen LogP contribution in [0.25, 0.3) is 0 Å². The number of carbonyl (C=O) groups excluding carboxylic acids is 2. The molecule has 5 fully saturated rings. The van der Waals surface area contributed by atoms with Crippen LogP contribution in [0.4, 0.5) is 4.79 Å². The molecule has 0 unspecified atom stereocenters. The lowest BCUT2D eigenvalue weighted by Gasteiger charge is -2.56. The van der Waals surface area contributed by atoms with Gasteiger partial charge in [-0.05, 0) is 81.5 Å². The van der Waals surface area contributed by atoms with E-state index >= 15 is 0 Å². The first-order valence-electron chi connectivity index (χ1n) is 10.9. The highest BCUT2D eigenvalue weighted by Crippen LogP contribution is 2.59. The molecule has 0 aromatic heterocycles. The van der Waals surface area contributed by atoms with E-state index in [1.807, 2.05) is 6.92 Å². The Morgan fingerprint density at radius 3 is 2.27 bits per heavy atom. The highest BCUT2D eigenvalue weighted by molar-refractivity contribution is 5.77. The molecule has 1 saturated heterocycles. The normalized spacial score (nSPS) is 40.3. The highest BCUT2D eigenvalue weighted by Gasteiger charge is 2.50. The fraction of sp³-hybridized carbons (Fsp3) is 0.905. The predicted octanol–water partition coefficient (Wildman–Crippen LogP) is 3.34. The molecule has 0 aromatic rings. The molecular formula is C21H35N3O2. The van der Waals surface area contributed by atoms with Gasteiger partial charge in [0.05, 0.1) is 6.04 Å². The Morgan fingerprint density at radius 1 is 1.04 bits per heavy atom. The third kappa shape index (κ3) is 4.01. The number of hydrogen-bond donors (Lipinski definition) is 3. The molecule has 3 N–H and O–H groups in total. The zero-order chi connectivity index (χ0) is 18.1. The van der Waals surface area contributed by atoms with Crippen molar-refractivity contribution in [2.24, 2.45) is 23.2 Å². The van der Waals surface area contributed by atoms with Gasteiger partial charge in [-0.25, -0.2) is 4.79 Å². The minimum Gasteiger partial charge on any atom is -0.356 e. The lowest BCUT2D eigenvalue weighted by atomic mass is 9.49. The van der Waals surface area contributed by atoms with Gasteiger partial charge < -0.3 is 16.0 Å². The summed E-state index contributed by atoms with van der Waals surface area (Å²) < 4.78 is 0. The Balaban J connectivity index is 1.11. The maximum Gasteiger partial charge on any atom is 0.315 e. The fourth-order valence-corrected chi connectivity index (χ4v) is 6.67. The van der Waals surface area contributed by atoms with Crippen molar-refractivity contribution in [1.29, 1.82) is 0 Å². The summed E-state index contributed by atoms with van der Waals surface area (Å²) in [6.45, 7) is 2.97. The molecule has 5 rings (SSSR count). The van der Waals surface area contributed by atoms with Crippen molar-refractivity contribution in [3.05, 3.63) is 0 Å². The average Bonchev–Trinajstić information content (AvgIpc) is 2.89. The molecule has 26 heavy (non-hydrogen) atoms. The van der Waals surface area contributed by atoms with Crippen LogP contribution in [0.2, 0.25) is 0 Å². The van der Waals surface area contributed by atoms with Gasteiger partial charge in [0, 0.05) is 19.0 Å². The Bertz CT molecular complexity index is 512. The molecule has 1 heterocycles. The summed E-state index contributed by atoms with van der Waals surface area (Å²) in [7, 11) is 0. The molecule has 0 aromatic carbocycles. The van der Waals surface area contributed by atoms with E-state index in [1.165, 1.54) is 38.5 Å². The van der Waals surface area contributed by atoms with E-state index in [4.69, 9.17) is 0 Å². The summed E-state index contributed by atoms with van der Waals surface area (Å²) in [5.74, 6) is 3.09. The molecule has 146 valence electrons. The molecule has 5 heteroatoms. The summed E-state index contributed by atoms with van der Waals surface area (Å²) >= 11 is 0. The highest BCUT2D eigenvalue weighted by atomic mass is 16.2. The Kier molecular flexibility index (Phi) is 5.15. The molecule has 4 aliphatic carbocycles. The van der Waals surface area contributed by atoms with Gasteiger partial charge in [-0.1, -0.05) is 12.8 Å². The number of hydrogen-bond acceptors (Lipinski definition) is 2. The van der Waals surface area contributed by atoms with Crippen LogP contribution in [0.5, 0.6) is 0 Å². The minimum absolute atomic E-state index is 0.0495. The van der Waals surface area contributed by atoms with Gasteiger partial charge in [-0.2, -0.15) is 0 Å². The molecule has 0 radical (unpaired) electrons. The van der Waals surface area contributed by atoms with E-state index in [-0.39, 0.29) is 24.0 Å². The predicted molar refractivity (Wildman–Crippen MR) is 102 cm³/mol. The first kappa shape index (κ1) is 18.1. The zero-order valence-electron chi connectivity index (χ0n) is 16.2. The standard InChI is InChI=1S/C21H35N3O2/c1-14-18(24-20(26)23-14)5-3-2-4-6-19(25)22-13-21-10-15-7-16(11-21)9-17(8-15)12-21/h14-18H,2-13H2,1H3,(H,22,25)(H2,23,24,26)/t14-,15?,16?,17?,18-,21?/m1/s1. The molecule has 4 saturated carbocycles. The second-order valence-corrected chi connectivity index (χ2v) is 9.81. The topological polar surface area (TPSA) is 70.2 Å². The van der Waals surface area contributed by atoms with Gasteiger partial charge in [0.25, 0.3) is 0 Å². The van der Waals surface area contributed by atoms with Crippen LogP contribution in [0, 0.1) is 23.2 Å². The van der Waals surface area contributed by atoms with Crippen LogP contribution >= 0.6 is 0 Å². The maximum atomic E-state index is 12.3. The third-order valence-corrected chi connectivity index (χ3v) is 7.52. The van der Waals surface area contributed by atoms with Gasteiger partial charge in [0.2, 0.25) is 5.91 Å². The average molecular weight is 362 g/mol. The van der Waals surface area contributed by atoms with E-state index in [0.29, 0.717) is 11.8 Å². The van der Waals surface area contributed by atoms with E-state index in [9.17, 15) is 9.59 Å². The summed E-state index contributed by atoms with van der Waals surface area (Å²) in [6.07, 6.45) is 13.2.